The van der Waals surface area contributed by atoms with E-state index in [1.807, 2.05) is 21.1 Å². The predicted octanol–water partition coefficient (Wildman–Crippen LogP) is 16.6. The second-order valence-electron chi connectivity index (χ2n) is 21.0. The summed E-state index contributed by atoms with van der Waals surface area (Å²) in [5, 5.41) is 14.0. The number of carbonyl (C=O) groups excluding carboxylic acids is 1. The highest BCUT2D eigenvalue weighted by atomic mass is 31.2. The van der Waals surface area contributed by atoms with Crippen LogP contribution >= 0.6 is 7.82 Å². The summed E-state index contributed by atoms with van der Waals surface area (Å²) in [4.78, 5) is 25.5. The Balaban J connectivity index is 4.19. The third-order valence-corrected chi connectivity index (χ3v) is 14.2. The Kier molecular flexibility index (Phi) is 48.2. The number of phosphoric ester groups is 1. The van der Waals surface area contributed by atoms with E-state index in [-0.39, 0.29) is 19.1 Å². The van der Waals surface area contributed by atoms with Crippen molar-refractivity contribution >= 4 is 13.7 Å². The Hall–Kier alpha value is -1.02. The Morgan fingerprint density at radius 2 is 0.879 bits per heavy atom. The Labute approximate surface area is 411 Å². The van der Waals surface area contributed by atoms with Gasteiger partial charge < -0.3 is 28.8 Å². The molecule has 0 bridgehead atoms. The van der Waals surface area contributed by atoms with E-state index in [4.69, 9.17) is 9.05 Å². The molecule has 8 nitrogen and oxygen atoms in total. The van der Waals surface area contributed by atoms with Gasteiger partial charge in [0.2, 0.25) is 5.91 Å². The summed E-state index contributed by atoms with van der Waals surface area (Å²) in [7, 11) is 1.31. The lowest BCUT2D eigenvalue weighted by Gasteiger charge is -2.30. The zero-order chi connectivity index (χ0) is 48.5. The van der Waals surface area contributed by atoms with Crippen LogP contribution in [-0.2, 0) is 18.4 Å². The molecule has 2 N–H and O–H groups in total. The molecule has 3 unspecified atom stereocenters. The zero-order valence-electron chi connectivity index (χ0n) is 44.7. The van der Waals surface area contributed by atoms with Crippen LogP contribution in [0, 0.1) is 0 Å². The van der Waals surface area contributed by atoms with Crippen molar-refractivity contribution in [3.63, 3.8) is 0 Å². The summed E-state index contributed by atoms with van der Waals surface area (Å²) < 4.78 is 23.4. The number of phosphoric acid groups is 1. The van der Waals surface area contributed by atoms with Crippen molar-refractivity contribution < 1.29 is 32.9 Å². The molecule has 1 amide bonds. The van der Waals surface area contributed by atoms with Gasteiger partial charge >= 0.3 is 0 Å². The number of hydrogen-bond donors (Lipinski definition) is 2. The molecule has 0 aromatic rings. The number of likely N-dealkylation sites (N-methyl/N-ethyl adjacent to an activating group) is 1. The molecule has 0 aliphatic rings. The van der Waals surface area contributed by atoms with Gasteiger partial charge in [-0.1, -0.05) is 256 Å². The van der Waals surface area contributed by atoms with E-state index in [1.54, 1.807) is 0 Å². The molecule has 3 atom stereocenters. The largest absolute Gasteiger partial charge is 0.756 e. The summed E-state index contributed by atoms with van der Waals surface area (Å²) in [6, 6.07) is -0.804. The third-order valence-electron chi connectivity index (χ3n) is 13.2. The summed E-state index contributed by atoms with van der Waals surface area (Å²) in [5.74, 6) is -0.168. The number of amides is 1. The minimum Gasteiger partial charge on any atom is -0.756 e. The summed E-state index contributed by atoms with van der Waals surface area (Å²) in [6.45, 7) is 4.75. The number of carbonyl (C=O) groups is 1. The van der Waals surface area contributed by atoms with Gasteiger partial charge in [-0.15, -0.1) is 0 Å². The quantitative estimate of drug-likeness (QED) is 0.0272. The molecule has 66 heavy (non-hydrogen) atoms. The fraction of sp³-hybridized carbons (Fsp3) is 0.912. The minimum absolute atomic E-state index is 0.0116. The number of nitrogens with one attached hydrogen (secondary N) is 1. The van der Waals surface area contributed by atoms with E-state index in [1.165, 1.54) is 205 Å². The SMILES string of the molecule is CCCCCCCCCCC/C=C\C/C=C\CCCCCCCCCC(=O)NC(COP(=O)([O-])OCC[N+](C)(C)C)C(O)CCCCCCCCCCCCCCCCCCCCCCC. The summed E-state index contributed by atoms with van der Waals surface area (Å²) >= 11 is 0. The number of unbranched alkanes of at least 4 members (excludes halogenated alkanes) is 36. The van der Waals surface area contributed by atoms with Gasteiger partial charge in [-0.05, 0) is 44.9 Å². The zero-order valence-corrected chi connectivity index (χ0v) is 45.6. The molecule has 392 valence electrons. The number of nitrogens with zero attached hydrogens (tertiary/aromatic N) is 1. The van der Waals surface area contributed by atoms with E-state index in [9.17, 15) is 19.4 Å². The molecule has 0 spiro atoms. The van der Waals surface area contributed by atoms with Gasteiger partial charge in [0.15, 0.2) is 0 Å². The van der Waals surface area contributed by atoms with Crippen LogP contribution < -0.4 is 10.2 Å². The van der Waals surface area contributed by atoms with Crippen LogP contribution in [0.25, 0.3) is 0 Å². The smallest absolute Gasteiger partial charge is 0.268 e. The first-order valence-electron chi connectivity index (χ1n) is 28.7. The number of rotatable bonds is 53. The van der Waals surface area contributed by atoms with Gasteiger partial charge in [0, 0.05) is 6.42 Å². The normalized spacial score (nSPS) is 14.1. The molecule has 0 aromatic carbocycles. The van der Waals surface area contributed by atoms with Crippen LogP contribution in [0.4, 0.5) is 0 Å². The monoisotopic (exact) mass is 953 g/mol. The van der Waals surface area contributed by atoms with E-state index < -0.39 is 20.0 Å². The van der Waals surface area contributed by atoms with E-state index in [0.29, 0.717) is 23.9 Å². The minimum atomic E-state index is -4.57. The Morgan fingerprint density at radius 3 is 1.26 bits per heavy atom. The summed E-state index contributed by atoms with van der Waals surface area (Å²) in [5.41, 5.74) is 0. The number of allylic oxidation sites excluding steroid dienone is 4. The maximum absolute atomic E-state index is 13.0. The van der Waals surface area contributed by atoms with Crippen LogP contribution in [0.2, 0.25) is 0 Å². The van der Waals surface area contributed by atoms with Gasteiger partial charge in [0.25, 0.3) is 7.82 Å². The number of hydrogen-bond acceptors (Lipinski definition) is 6. The lowest BCUT2D eigenvalue weighted by atomic mass is 10.0. The van der Waals surface area contributed by atoms with Crippen LogP contribution in [-0.4, -0.2) is 68.5 Å². The number of aliphatic hydroxyl groups is 1. The fourth-order valence-electron chi connectivity index (χ4n) is 8.66. The first-order chi connectivity index (χ1) is 32.0. The maximum atomic E-state index is 13.0. The topological polar surface area (TPSA) is 108 Å². The van der Waals surface area contributed by atoms with Gasteiger partial charge in [0.1, 0.15) is 13.2 Å². The molecular formula is C57H113N2O6P. The Morgan fingerprint density at radius 1 is 0.530 bits per heavy atom. The van der Waals surface area contributed by atoms with Crippen molar-refractivity contribution in [1.82, 2.24) is 5.32 Å². The van der Waals surface area contributed by atoms with Gasteiger partial charge in [-0.2, -0.15) is 0 Å². The van der Waals surface area contributed by atoms with Crippen LogP contribution in [0.3, 0.4) is 0 Å². The highest BCUT2D eigenvalue weighted by Crippen LogP contribution is 2.38. The molecule has 0 aromatic heterocycles. The Bertz CT molecular complexity index is 1130. The van der Waals surface area contributed by atoms with Gasteiger partial charge in [0.05, 0.1) is 39.9 Å². The lowest BCUT2D eigenvalue weighted by molar-refractivity contribution is -0.870. The van der Waals surface area contributed by atoms with E-state index >= 15 is 0 Å². The predicted molar refractivity (Wildman–Crippen MR) is 284 cm³/mol. The highest BCUT2D eigenvalue weighted by molar-refractivity contribution is 7.45. The third kappa shape index (κ3) is 50.8. The molecule has 0 heterocycles. The molecule has 0 fully saturated rings. The average Bonchev–Trinajstić information content (AvgIpc) is 3.28. The molecule has 0 saturated heterocycles. The van der Waals surface area contributed by atoms with Crippen molar-refractivity contribution in [2.24, 2.45) is 0 Å². The molecule has 0 radical (unpaired) electrons. The number of aliphatic hydroxyl groups excluding tert-OH is 1. The molecular weight excluding hydrogens is 840 g/mol. The van der Waals surface area contributed by atoms with Crippen LogP contribution in [0.1, 0.15) is 284 Å². The summed E-state index contributed by atoms with van der Waals surface area (Å²) in [6.07, 6.45) is 60.6. The first-order valence-corrected chi connectivity index (χ1v) is 30.1. The average molecular weight is 954 g/mol. The standard InChI is InChI=1S/C57H113N2O6P/c1-6-8-10-12-14-16-18-20-22-24-26-28-29-31-33-35-37-39-41-43-45-47-49-51-57(61)58-55(54-65-66(62,63)64-53-52-59(3,4)5)56(60)50-48-46-44-42-40-38-36-34-32-30-27-25-23-21-19-17-15-13-11-9-7-2/h26,28,31,33,55-56,60H,6-25,27,29-30,32,34-54H2,1-5H3,(H-,58,61,62,63)/b28-26-,33-31-. The van der Waals surface area contributed by atoms with Gasteiger partial charge in [-0.3, -0.25) is 9.36 Å². The van der Waals surface area contributed by atoms with Gasteiger partial charge in [-0.25, -0.2) is 0 Å². The van der Waals surface area contributed by atoms with Crippen molar-refractivity contribution in [3.05, 3.63) is 24.3 Å². The highest BCUT2D eigenvalue weighted by Gasteiger charge is 2.24. The molecule has 0 aliphatic heterocycles. The molecule has 9 heteroatoms. The second kappa shape index (κ2) is 49.0. The molecule has 0 rings (SSSR count). The van der Waals surface area contributed by atoms with Crippen LogP contribution in [0.15, 0.2) is 24.3 Å². The maximum Gasteiger partial charge on any atom is 0.268 e. The van der Waals surface area contributed by atoms with Crippen molar-refractivity contribution in [3.8, 4) is 0 Å². The lowest BCUT2D eigenvalue weighted by Crippen LogP contribution is -2.46. The molecule has 0 aliphatic carbocycles. The van der Waals surface area contributed by atoms with Crippen molar-refractivity contribution in [2.75, 3.05) is 40.9 Å². The number of quaternary nitrogens is 1. The second-order valence-corrected chi connectivity index (χ2v) is 22.4. The van der Waals surface area contributed by atoms with Crippen LogP contribution in [0.5, 0.6) is 0 Å². The first kappa shape index (κ1) is 65.0. The van der Waals surface area contributed by atoms with Crippen molar-refractivity contribution in [2.45, 2.75) is 296 Å². The van der Waals surface area contributed by atoms with E-state index in [2.05, 4.69) is 43.5 Å². The molecule has 0 saturated carbocycles. The fourth-order valence-corrected chi connectivity index (χ4v) is 9.38. The van der Waals surface area contributed by atoms with E-state index in [0.717, 1.165) is 51.4 Å². The van der Waals surface area contributed by atoms with Crippen molar-refractivity contribution in [1.29, 1.82) is 0 Å².